The first kappa shape index (κ1) is 12.9. The Hall–Kier alpha value is -2.50. The third-order valence-electron chi connectivity index (χ3n) is 2.53. The van der Waals surface area contributed by atoms with Gasteiger partial charge in [0.25, 0.3) is 5.56 Å². The lowest BCUT2D eigenvalue weighted by Crippen LogP contribution is -2.22. The highest BCUT2D eigenvalue weighted by atomic mass is 19.1. The van der Waals surface area contributed by atoms with Gasteiger partial charge in [-0.3, -0.25) is 9.59 Å². The van der Waals surface area contributed by atoms with Crippen molar-refractivity contribution >= 4 is 5.97 Å². The summed E-state index contributed by atoms with van der Waals surface area (Å²) in [4.78, 5) is 22.0. The molecular weight excluding hydrogens is 256 g/mol. The van der Waals surface area contributed by atoms with E-state index in [2.05, 4.69) is 0 Å². The molecule has 2 rings (SSSR count). The number of benzene rings is 1. The van der Waals surface area contributed by atoms with E-state index in [1.807, 2.05) is 0 Å². The Morgan fingerprint density at radius 3 is 2.58 bits per heavy atom. The highest BCUT2D eigenvalue weighted by Gasteiger charge is 2.09. The maximum absolute atomic E-state index is 13.6. The van der Waals surface area contributed by atoms with Crippen LogP contribution in [0.1, 0.15) is 0 Å². The van der Waals surface area contributed by atoms with Gasteiger partial charge in [0.1, 0.15) is 18.2 Å². The van der Waals surface area contributed by atoms with Gasteiger partial charge in [0.05, 0.1) is 0 Å². The minimum Gasteiger partial charge on any atom is -0.480 e. The third-order valence-corrected chi connectivity index (χ3v) is 2.53. The molecule has 0 aliphatic heterocycles. The SMILES string of the molecule is O=C(O)Cn1cc(-c2ccc(F)cc2F)ccc1=O. The first-order valence-electron chi connectivity index (χ1n) is 5.35. The Morgan fingerprint density at radius 2 is 1.95 bits per heavy atom. The lowest BCUT2D eigenvalue weighted by molar-refractivity contribution is -0.137. The van der Waals surface area contributed by atoms with Crippen molar-refractivity contribution in [3.63, 3.8) is 0 Å². The van der Waals surface area contributed by atoms with Gasteiger partial charge in [0.15, 0.2) is 0 Å². The van der Waals surface area contributed by atoms with Crippen molar-refractivity contribution in [2.75, 3.05) is 0 Å². The fourth-order valence-corrected chi connectivity index (χ4v) is 1.68. The molecule has 4 nitrogen and oxygen atoms in total. The smallest absolute Gasteiger partial charge is 0.323 e. The number of carboxylic acids is 1. The average Bonchev–Trinajstić information content (AvgIpc) is 2.32. The molecule has 0 saturated heterocycles. The monoisotopic (exact) mass is 265 g/mol. The molecule has 0 aliphatic rings. The summed E-state index contributed by atoms with van der Waals surface area (Å²) in [7, 11) is 0. The number of carboxylic acid groups (broad SMARTS) is 1. The fourth-order valence-electron chi connectivity index (χ4n) is 1.68. The zero-order valence-electron chi connectivity index (χ0n) is 9.64. The van der Waals surface area contributed by atoms with Gasteiger partial charge in [-0.2, -0.15) is 0 Å². The van der Waals surface area contributed by atoms with Crippen molar-refractivity contribution in [2.24, 2.45) is 0 Å². The molecule has 0 aliphatic carbocycles. The Labute approximate surface area is 106 Å². The topological polar surface area (TPSA) is 59.3 Å². The molecule has 1 aromatic carbocycles. The molecule has 0 bridgehead atoms. The number of carbonyl (C=O) groups is 1. The number of pyridine rings is 1. The van der Waals surface area contributed by atoms with Gasteiger partial charge in [-0.25, -0.2) is 8.78 Å². The van der Waals surface area contributed by atoms with E-state index in [4.69, 9.17) is 5.11 Å². The maximum Gasteiger partial charge on any atom is 0.323 e. The highest BCUT2D eigenvalue weighted by Crippen LogP contribution is 2.22. The van der Waals surface area contributed by atoms with Gasteiger partial charge >= 0.3 is 5.97 Å². The fraction of sp³-hybridized carbons (Fsp3) is 0.0769. The van der Waals surface area contributed by atoms with Crippen LogP contribution in [0.4, 0.5) is 8.78 Å². The molecule has 0 atom stereocenters. The Bertz CT molecular complexity index is 695. The van der Waals surface area contributed by atoms with E-state index in [1.54, 1.807) is 0 Å². The molecule has 2 aromatic rings. The zero-order valence-corrected chi connectivity index (χ0v) is 9.64. The quantitative estimate of drug-likeness (QED) is 0.921. The van der Waals surface area contributed by atoms with Gasteiger partial charge < -0.3 is 9.67 Å². The first-order valence-corrected chi connectivity index (χ1v) is 5.35. The van der Waals surface area contributed by atoms with Crippen LogP contribution in [0.25, 0.3) is 11.1 Å². The molecule has 98 valence electrons. The van der Waals surface area contributed by atoms with E-state index in [9.17, 15) is 18.4 Å². The summed E-state index contributed by atoms with van der Waals surface area (Å²) in [6.45, 7) is -0.518. The normalized spacial score (nSPS) is 10.4. The van der Waals surface area contributed by atoms with E-state index in [-0.39, 0.29) is 5.56 Å². The van der Waals surface area contributed by atoms with Gasteiger partial charge in [-0.05, 0) is 18.2 Å². The van der Waals surface area contributed by atoms with E-state index >= 15 is 0 Å². The Balaban J connectivity index is 2.51. The van der Waals surface area contributed by atoms with Crippen molar-refractivity contribution in [1.82, 2.24) is 4.57 Å². The van der Waals surface area contributed by atoms with Crippen LogP contribution in [0.2, 0.25) is 0 Å². The second kappa shape index (κ2) is 5.01. The number of hydrogen-bond acceptors (Lipinski definition) is 2. The van der Waals surface area contributed by atoms with Gasteiger partial charge in [0.2, 0.25) is 0 Å². The van der Waals surface area contributed by atoms with Crippen molar-refractivity contribution < 1.29 is 18.7 Å². The lowest BCUT2D eigenvalue weighted by atomic mass is 10.1. The van der Waals surface area contributed by atoms with Crippen LogP contribution < -0.4 is 5.56 Å². The first-order chi connectivity index (χ1) is 8.97. The second-order valence-electron chi connectivity index (χ2n) is 3.90. The van der Waals surface area contributed by atoms with Crippen LogP contribution in [-0.2, 0) is 11.3 Å². The second-order valence-corrected chi connectivity index (χ2v) is 3.90. The number of nitrogens with zero attached hydrogens (tertiary/aromatic N) is 1. The Morgan fingerprint density at radius 1 is 1.21 bits per heavy atom. The number of aromatic nitrogens is 1. The predicted molar refractivity (Wildman–Crippen MR) is 63.7 cm³/mol. The minimum absolute atomic E-state index is 0.0977. The van der Waals surface area contributed by atoms with Gasteiger partial charge in [-0.15, -0.1) is 0 Å². The molecule has 0 unspecified atom stereocenters. The van der Waals surface area contributed by atoms with Crippen LogP contribution >= 0.6 is 0 Å². The molecule has 1 heterocycles. The summed E-state index contributed by atoms with van der Waals surface area (Å²) in [6.07, 6.45) is 1.23. The Kier molecular flexibility index (Phi) is 3.41. The number of rotatable bonds is 3. The van der Waals surface area contributed by atoms with Crippen molar-refractivity contribution in [1.29, 1.82) is 0 Å². The molecule has 0 amide bonds. The zero-order chi connectivity index (χ0) is 14.0. The standard InChI is InChI=1S/C13H9F2NO3/c14-9-2-3-10(11(15)5-9)8-1-4-12(17)16(6-8)7-13(18)19/h1-6H,7H2,(H,18,19). The summed E-state index contributed by atoms with van der Waals surface area (Å²) in [5, 5.41) is 8.66. The van der Waals surface area contributed by atoms with Gasteiger partial charge in [-0.1, -0.05) is 0 Å². The number of aliphatic carboxylic acids is 1. The highest BCUT2D eigenvalue weighted by molar-refractivity contribution is 5.67. The molecule has 19 heavy (non-hydrogen) atoms. The summed E-state index contributed by atoms with van der Waals surface area (Å²) in [5.74, 6) is -2.67. The number of halogens is 2. The van der Waals surface area contributed by atoms with Crippen molar-refractivity contribution in [3.8, 4) is 11.1 Å². The van der Waals surface area contributed by atoms with Crippen molar-refractivity contribution in [3.05, 3.63) is 58.5 Å². The molecule has 6 heteroatoms. The average molecular weight is 265 g/mol. The minimum atomic E-state index is -1.18. The summed E-state index contributed by atoms with van der Waals surface area (Å²) < 4.78 is 27.3. The van der Waals surface area contributed by atoms with E-state index < -0.39 is 29.7 Å². The van der Waals surface area contributed by atoms with E-state index in [0.717, 1.165) is 22.8 Å². The van der Waals surface area contributed by atoms with Crippen LogP contribution in [0.15, 0.2) is 41.3 Å². The van der Waals surface area contributed by atoms with Gasteiger partial charge in [0, 0.05) is 29.5 Å². The third kappa shape index (κ3) is 2.85. The van der Waals surface area contributed by atoms with Crippen LogP contribution in [0, 0.1) is 11.6 Å². The van der Waals surface area contributed by atoms with Crippen molar-refractivity contribution in [2.45, 2.75) is 6.54 Å². The summed E-state index contributed by atoms with van der Waals surface area (Å²) in [6, 6.07) is 5.54. The predicted octanol–water partition coefficient (Wildman–Crippen LogP) is 1.88. The molecule has 0 spiro atoms. The van der Waals surface area contributed by atoms with Crippen LogP contribution in [-0.4, -0.2) is 15.6 Å². The largest absolute Gasteiger partial charge is 0.480 e. The summed E-state index contributed by atoms with van der Waals surface area (Å²) >= 11 is 0. The molecule has 1 N–H and O–H groups in total. The molecule has 0 saturated carbocycles. The molecule has 0 radical (unpaired) electrons. The van der Waals surface area contributed by atoms with E-state index in [0.29, 0.717) is 5.56 Å². The maximum atomic E-state index is 13.6. The lowest BCUT2D eigenvalue weighted by Gasteiger charge is -2.07. The summed E-state index contributed by atoms with van der Waals surface area (Å²) in [5.41, 5.74) is -0.104. The molecule has 0 fully saturated rings. The molecule has 1 aromatic heterocycles. The van der Waals surface area contributed by atoms with Crippen LogP contribution in [0.3, 0.4) is 0 Å². The van der Waals surface area contributed by atoms with E-state index in [1.165, 1.54) is 18.3 Å². The van der Waals surface area contributed by atoms with Crippen LogP contribution in [0.5, 0.6) is 0 Å². The molecular formula is C13H9F2NO3. The number of hydrogen-bond donors (Lipinski definition) is 1.